The highest BCUT2D eigenvalue weighted by Crippen LogP contribution is 2.17. The number of carbonyl (C=O) groups excluding carboxylic acids is 2. The Kier molecular flexibility index (Phi) is 57.0. The van der Waals surface area contributed by atoms with Gasteiger partial charge in [0, 0.05) is 12.8 Å². The Labute approximate surface area is 430 Å². The molecule has 0 aromatic heterocycles. The lowest BCUT2D eigenvalue weighted by Gasteiger charge is -2.20. The number of aliphatic hydroxyl groups excluding tert-OH is 2. The average Bonchev–Trinajstić information content (AvgIpc) is 3.35. The van der Waals surface area contributed by atoms with Crippen molar-refractivity contribution in [3.63, 3.8) is 0 Å². The van der Waals surface area contributed by atoms with Crippen molar-refractivity contribution in [2.75, 3.05) is 13.2 Å². The first kappa shape index (κ1) is 67.1. The third-order valence-corrected chi connectivity index (χ3v) is 14.2. The quantitative estimate of drug-likeness (QED) is 0.0321. The monoisotopic (exact) mass is 970 g/mol. The number of nitrogens with one attached hydrogen (secondary N) is 1. The highest BCUT2D eigenvalue weighted by molar-refractivity contribution is 5.76. The zero-order valence-electron chi connectivity index (χ0n) is 46.3. The van der Waals surface area contributed by atoms with E-state index >= 15 is 0 Å². The summed E-state index contributed by atoms with van der Waals surface area (Å²) in [5.74, 6) is -0.0745. The minimum absolute atomic E-state index is 0.00269. The van der Waals surface area contributed by atoms with E-state index in [9.17, 15) is 19.8 Å². The smallest absolute Gasteiger partial charge is 0.305 e. The molecular formula is C63H119NO5. The summed E-state index contributed by atoms with van der Waals surface area (Å²) in [6, 6.07) is -0.633. The summed E-state index contributed by atoms with van der Waals surface area (Å²) in [4.78, 5) is 24.6. The maximum absolute atomic E-state index is 12.5. The van der Waals surface area contributed by atoms with Crippen molar-refractivity contribution in [1.29, 1.82) is 0 Å². The summed E-state index contributed by atoms with van der Waals surface area (Å²) in [5, 5.41) is 23.2. The molecule has 69 heavy (non-hydrogen) atoms. The molecule has 0 rings (SSSR count). The maximum atomic E-state index is 12.5. The van der Waals surface area contributed by atoms with Gasteiger partial charge in [0.25, 0.3) is 0 Å². The van der Waals surface area contributed by atoms with Crippen LogP contribution < -0.4 is 5.32 Å². The Morgan fingerprint density at radius 2 is 0.725 bits per heavy atom. The average molecular weight is 971 g/mol. The molecule has 0 aromatic carbocycles. The topological polar surface area (TPSA) is 95.9 Å². The zero-order chi connectivity index (χ0) is 50.0. The first-order valence-corrected chi connectivity index (χ1v) is 30.8. The molecule has 0 spiro atoms. The van der Waals surface area contributed by atoms with Gasteiger partial charge in [-0.15, -0.1) is 0 Å². The number of allylic oxidation sites excluding steroid dienone is 5. The summed E-state index contributed by atoms with van der Waals surface area (Å²) < 4.78 is 5.49. The zero-order valence-corrected chi connectivity index (χ0v) is 46.3. The van der Waals surface area contributed by atoms with Gasteiger partial charge in [0.1, 0.15) is 0 Å². The van der Waals surface area contributed by atoms with Crippen LogP contribution in [0.25, 0.3) is 0 Å². The fraction of sp³-hybridized carbons (Fsp3) is 0.873. The number of carbonyl (C=O) groups is 2. The minimum atomic E-state index is -0.849. The van der Waals surface area contributed by atoms with Crippen LogP contribution in [0.2, 0.25) is 0 Å². The van der Waals surface area contributed by atoms with Crippen LogP contribution in [0.3, 0.4) is 0 Å². The Hall–Kier alpha value is -1.92. The van der Waals surface area contributed by atoms with Crippen LogP contribution in [0.1, 0.15) is 328 Å². The standard InChI is InChI=1S/C63H119NO5/c1-3-5-7-9-11-13-15-17-19-21-25-29-33-37-41-45-49-53-57-63(68)69-58-54-50-46-42-38-34-30-26-22-24-28-32-36-40-44-48-52-56-62(67)64-60(59-65)61(66)55-51-47-43-39-35-31-27-23-20-18-16-14-12-10-8-6-4-2/h13,15,19,21,51,55,60-61,65-66H,3-12,14,16-18,20,22-50,52-54,56-59H2,1-2H3,(H,64,67)/b15-13-,21-19-,55-51+. The van der Waals surface area contributed by atoms with E-state index in [2.05, 4.69) is 43.5 Å². The van der Waals surface area contributed by atoms with Crippen molar-refractivity contribution in [3.05, 3.63) is 36.5 Å². The van der Waals surface area contributed by atoms with Crippen molar-refractivity contribution in [2.45, 2.75) is 341 Å². The van der Waals surface area contributed by atoms with E-state index in [1.54, 1.807) is 6.08 Å². The van der Waals surface area contributed by atoms with E-state index < -0.39 is 12.1 Å². The van der Waals surface area contributed by atoms with Gasteiger partial charge in [0.15, 0.2) is 0 Å². The van der Waals surface area contributed by atoms with Gasteiger partial charge in [-0.1, -0.05) is 288 Å². The normalized spacial score (nSPS) is 12.8. The molecule has 0 radical (unpaired) electrons. The molecule has 1 amide bonds. The van der Waals surface area contributed by atoms with E-state index in [0.29, 0.717) is 19.4 Å². The molecule has 0 heterocycles. The molecule has 0 aliphatic rings. The minimum Gasteiger partial charge on any atom is -0.466 e. The van der Waals surface area contributed by atoms with Gasteiger partial charge in [-0.3, -0.25) is 9.59 Å². The van der Waals surface area contributed by atoms with Crippen molar-refractivity contribution in [3.8, 4) is 0 Å². The van der Waals surface area contributed by atoms with Gasteiger partial charge < -0.3 is 20.3 Å². The third kappa shape index (κ3) is 55.2. The molecule has 0 aliphatic carbocycles. The molecule has 2 unspecified atom stereocenters. The van der Waals surface area contributed by atoms with Crippen molar-refractivity contribution in [2.24, 2.45) is 0 Å². The lowest BCUT2D eigenvalue weighted by atomic mass is 10.0. The fourth-order valence-electron chi connectivity index (χ4n) is 9.43. The van der Waals surface area contributed by atoms with E-state index in [-0.39, 0.29) is 18.5 Å². The Morgan fingerprint density at radius 1 is 0.406 bits per heavy atom. The number of hydrogen-bond acceptors (Lipinski definition) is 5. The molecule has 6 nitrogen and oxygen atoms in total. The highest BCUT2D eigenvalue weighted by atomic mass is 16.5. The lowest BCUT2D eigenvalue weighted by molar-refractivity contribution is -0.143. The first-order valence-electron chi connectivity index (χ1n) is 30.8. The van der Waals surface area contributed by atoms with Crippen molar-refractivity contribution in [1.82, 2.24) is 5.32 Å². The molecule has 0 aromatic rings. The molecular weight excluding hydrogens is 851 g/mol. The number of esters is 1. The molecule has 0 aliphatic heterocycles. The van der Waals surface area contributed by atoms with Crippen LogP contribution in [-0.2, 0) is 14.3 Å². The van der Waals surface area contributed by atoms with E-state index in [4.69, 9.17) is 4.74 Å². The third-order valence-electron chi connectivity index (χ3n) is 14.2. The molecule has 0 bridgehead atoms. The van der Waals surface area contributed by atoms with Gasteiger partial charge in [0.2, 0.25) is 5.91 Å². The second-order valence-electron chi connectivity index (χ2n) is 21.0. The van der Waals surface area contributed by atoms with Crippen molar-refractivity contribution < 1.29 is 24.5 Å². The molecule has 406 valence electrons. The van der Waals surface area contributed by atoms with Gasteiger partial charge in [-0.25, -0.2) is 0 Å². The van der Waals surface area contributed by atoms with Crippen LogP contribution in [-0.4, -0.2) is 47.4 Å². The molecule has 0 saturated carbocycles. The molecule has 3 N–H and O–H groups in total. The highest BCUT2D eigenvalue weighted by Gasteiger charge is 2.18. The maximum Gasteiger partial charge on any atom is 0.305 e. The summed E-state index contributed by atoms with van der Waals surface area (Å²) in [6.07, 6.45) is 73.1. The van der Waals surface area contributed by atoms with E-state index in [1.807, 2.05) is 6.08 Å². The summed E-state index contributed by atoms with van der Waals surface area (Å²) in [6.45, 7) is 4.89. The number of hydrogen-bond donors (Lipinski definition) is 3. The van der Waals surface area contributed by atoms with Gasteiger partial charge in [-0.2, -0.15) is 0 Å². The largest absolute Gasteiger partial charge is 0.466 e. The second-order valence-corrected chi connectivity index (χ2v) is 21.0. The molecule has 2 atom stereocenters. The summed E-state index contributed by atoms with van der Waals surface area (Å²) in [7, 11) is 0. The predicted molar refractivity (Wildman–Crippen MR) is 301 cm³/mol. The SMILES string of the molecule is CCCCCC/C=C\C/C=C\CCCCCCCCCC(=O)OCCCCCCCCCCCCCCCCCCCC(=O)NC(CO)C(O)/C=C/CCCCCCCCCCCCCCCCC. The van der Waals surface area contributed by atoms with Crippen LogP contribution >= 0.6 is 0 Å². The second kappa shape index (κ2) is 58.6. The number of ether oxygens (including phenoxy) is 1. The number of amides is 1. The summed E-state index contributed by atoms with van der Waals surface area (Å²) in [5.41, 5.74) is 0. The summed E-state index contributed by atoms with van der Waals surface area (Å²) >= 11 is 0. The van der Waals surface area contributed by atoms with Gasteiger partial charge in [0.05, 0.1) is 25.4 Å². The van der Waals surface area contributed by atoms with Crippen LogP contribution in [0.4, 0.5) is 0 Å². The van der Waals surface area contributed by atoms with Gasteiger partial charge >= 0.3 is 5.97 Å². The molecule has 0 saturated heterocycles. The van der Waals surface area contributed by atoms with Crippen molar-refractivity contribution >= 4 is 11.9 Å². The van der Waals surface area contributed by atoms with Crippen LogP contribution in [0, 0.1) is 0 Å². The molecule has 6 heteroatoms. The van der Waals surface area contributed by atoms with Crippen LogP contribution in [0.15, 0.2) is 36.5 Å². The Bertz CT molecular complexity index is 1120. The fourth-order valence-corrected chi connectivity index (χ4v) is 9.43. The number of unbranched alkanes of at least 4 members (excludes halogenated alkanes) is 42. The molecule has 0 fully saturated rings. The van der Waals surface area contributed by atoms with Crippen LogP contribution in [0.5, 0.6) is 0 Å². The Balaban J connectivity index is 3.44. The predicted octanol–water partition coefficient (Wildman–Crippen LogP) is 19.2. The number of rotatable bonds is 57. The van der Waals surface area contributed by atoms with Gasteiger partial charge in [-0.05, 0) is 64.2 Å². The number of aliphatic hydroxyl groups is 2. The first-order chi connectivity index (χ1) is 34.0. The van der Waals surface area contributed by atoms with E-state index in [0.717, 1.165) is 51.4 Å². The van der Waals surface area contributed by atoms with E-state index in [1.165, 1.54) is 250 Å². The Morgan fingerprint density at radius 3 is 1.12 bits per heavy atom. The lowest BCUT2D eigenvalue weighted by Crippen LogP contribution is -2.45.